The molecule has 3 rings (SSSR count). The Morgan fingerprint density at radius 1 is 1.04 bits per heavy atom. The van der Waals surface area contributed by atoms with Crippen LogP contribution in [0.4, 0.5) is 5.69 Å². The predicted molar refractivity (Wildman–Crippen MR) is 106 cm³/mol. The van der Waals surface area contributed by atoms with Gasteiger partial charge >= 0.3 is 0 Å². The molecule has 0 bridgehead atoms. The molecule has 2 aromatic carbocycles. The van der Waals surface area contributed by atoms with Crippen LogP contribution in [0.25, 0.3) is 10.9 Å². The van der Waals surface area contributed by atoms with Crippen molar-refractivity contribution in [2.24, 2.45) is 0 Å². The fourth-order valence-corrected chi connectivity index (χ4v) is 2.89. The van der Waals surface area contributed by atoms with Crippen LogP contribution in [-0.4, -0.2) is 16.0 Å². The van der Waals surface area contributed by atoms with Crippen LogP contribution < -0.4 is 10.6 Å². The van der Waals surface area contributed by atoms with Gasteiger partial charge in [-0.15, -0.1) is 0 Å². The lowest BCUT2D eigenvalue weighted by atomic mass is 10.1. The number of hydrogen-bond donors (Lipinski definition) is 2. The monoisotopic (exact) mass is 349 g/mol. The van der Waals surface area contributed by atoms with Crippen molar-refractivity contribution in [3.05, 3.63) is 71.4 Å². The zero-order chi connectivity index (χ0) is 17.8. The van der Waals surface area contributed by atoms with Crippen molar-refractivity contribution >= 4 is 39.8 Å². The van der Waals surface area contributed by atoms with E-state index in [4.69, 9.17) is 12.2 Å². The molecular weight excluding hydrogens is 330 g/mol. The predicted octanol–water partition coefficient (Wildman–Crippen LogP) is 3.91. The number of aromatic nitrogens is 1. The van der Waals surface area contributed by atoms with Crippen LogP contribution in [0.2, 0.25) is 0 Å². The van der Waals surface area contributed by atoms with Crippen LogP contribution >= 0.6 is 12.2 Å². The Morgan fingerprint density at radius 2 is 1.80 bits per heavy atom. The van der Waals surface area contributed by atoms with Crippen molar-refractivity contribution in [1.82, 2.24) is 10.3 Å². The van der Waals surface area contributed by atoms with Gasteiger partial charge in [0.25, 0.3) is 0 Å². The second kappa shape index (κ2) is 7.40. The number of nitrogens with zero attached hydrogens (tertiary/aromatic N) is 1. The minimum absolute atomic E-state index is 0.143. The van der Waals surface area contributed by atoms with E-state index in [9.17, 15) is 4.79 Å². The normalized spacial score (nSPS) is 10.5. The minimum Gasteiger partial charge on any atom is -0.332 e. The SMILES string of the molecule is Cc1ccc2c(NC(=S)NC(=O)Cc3ccccc3)c(C)ccc2n1. The largest absolute Gasteiger partial charge is 0.332 e. The van der Waals surface area contributed by atoms with E-state index in [1.54, 1.807) is 0 Å². The number of carbonyl (C=O) groups excluding carboxylic acids is 1. The van der Waals surface area contributed by atoms with Gasteiger partial charge in [-0.05, 0) is 55.4 Å². The number of hydrogen-bond acceptors (Lipinski definition) is 3. The molecule has 1 amide bonds. The summed E-state index contributed by atoms with van der Waals surface area (Å²) in [5.74, 6) is -0.143. The summed E-state index contributed by atoms with van der Waals surface area (Å²) in [6.07, 6.45) is 0.290. The highest BCUT2D eigenvalue weighted by Crippen LogP contribution is 2.26. The highest BCUT2D eigenvalue weighted by Gasteiger charge is 2.10. The van der Waals surface area contributed by atoms with Crippen molar-refractivity contribution in [3.8, 4) is 0 Å². The molecule has 0 saturated carbocycles. The third-order valence-corrected chi connectivity index (χ3v) is 4.12. The highest BCUT2D eigenvalue weighted by atomic mass is 32.1. The van der Waals surface area contributed by atoms with Gasteiger partial charge in [0.1, 0.15) is 0 Å². The molecule has 0 aliphatic heterocycles. The summed E-state index contributed by atoms with van der Waals surface area (Å²) in [4.78, 5) is 16.7. The number of benzene rings is 2. The topological polar surface area (TPSA) is 54.0 Å². The molecule has 3 aromatic rings. The summed E-state index contributed by atoms with van der Waals surface area (Å²) in [6, 6.07) is 17.5. The summed E-state index contributed by atoms with van der Waals surface area (Å²) in [6.45, 7) is 3.96. The number of thiocarbonyl (C=S) groups is 1. The fourth-order valence-electron chi connectivity index (χ4n) is 2.68. The number of amides is 1. The van der Waals surface area contributed by atoms with Crippen molar-refractivity contribution in [1.29, 1.82) is 0 Å². The third kappa shape index (κ3) is 4.19. The second-order valence-corrected chi connectivity index (χ2v) is 6.35. The Bertz CT molecular complexity index is 938. The van der Waals surface area contributed by atoms with Crippen LogP contribution in [0.3, 0.4) is 0 Å². The number of rotatable bonds is 3. The molecule has 0 spiro atoms. The van der Waals surface area contributed by atoms with Crippen molar-refractivity contribution in [2.75, 3.05) is 5.32 Å². The second-order valence-electron chi connectivity index (χ2n) is 5.94. The Labute approximate surface area is 152 Å². The molecule has 1 aromatic heterocycles. The van der Waals surface area contributed by atoms with E-state index >= 15 is 0 Å². The van der Waals surface area contributed by atoms with Crippen LogP contribution in [0.1, 0.15) is 16.8 Å². The first kappa shape index (κ1) is 17.0. The Kier molecular flexibility index (Phi) is 5.05. The third-order valence-electron chi connectivity index (χ3n) is 3.92. The lowest BCUT2D eigenvalue weighted by Crippen LogP contribution is -2.35. The lowest BCUT2D eigenvalue weighted by Gasteiger charge is -2.14. The van der Waals surface area contributed by atoms with Gasteiger partial charge in [0.15, 0.2) is 5.11 Å². The van der Waals surface area contributed by atoms with E-state index in [1.807, 2.05) is 68.4 Å². The summed E-state index contributed by atoms with van der Waals surface area (Å²) < 4.78 is 0. The quantitative estimate of drug-likeness (QED) is 0.704. The van der Waals surface area contributed by atoms with E-state index in [-0.39, 0.29) is 17.4 Å². The van der Waals surface area contributed by atoms with E-state index in [0.29, 0.717) is 0 Å². The van der Waals surface area contributed by atoms with Gasteiger partial charge in [-0.3, -0.25) is 9.78 Å². The highest BCUT2D eigenvalue weighted by molar-refractivity contribution is 7.80. The molecule has 0 radical (unpaired) electrons. The van der Waals surface area contributed by atoms with Gasteiger partial charge in [0.05, 0.1) is 17.6 Å². The maximum atomic E-state index is 12.2. The fraction of sp³-hybridized carbons (Fsp3) is 0.150. The number of carbonyl (C=O) groups is 1. The van der Waals surface area contributed by atoms with E-state index in [1.165, 1.54) is 0 Å². The molecule has 4 nitrogen and oxygen atoms in total. The number of nitrogens with one attached hydrogen (secondary N) is 2. The summed E-state index contributed by atoms with van der Waals surface area (Å²) >= 11 is 5.31. The summed E-state index contributed by atoms with van der Waals surface area (Å²) in [7, 11) is 0. The first-order valence-electron chi connectivity index (χ1n) is 8.04. The van der Waals surface area contributed by atoms with E-state index in [2.05, 4.69) is 15.6 Å². The average Bonchev–Trinajstić information content (AvgIpc) is 2.58. The van der Waals surface area contributed by atoms with Crippen LogP contribution in [0.5, 0.6) is 0 Å². The number of pyridine rings is 1. The van der Waals surface area contributed by atoms with Gasteiger partial charge in [-0.2, -0.15) is 0 Å². The first-order chi connectivity index (χ1) is 12.0. The summed E-state index contributed by atoms with van der Waals surface area (Å²) in [5.41, 5.74) is 4.71. The number of anilines is 1. The van der Waals surface area contributed by atoms with Crippen LogP contribution in [0.15, 0.2) is 54.6 Å². The molecule has 0 fully saturated rings. The lowest BCUT2D eigenvalue weighted by molar-refractivity contribution is -0.119. The molecule has 1 heterocycles. The molecule has 0 aliphatic carbocycles. The van der Waals surface area contributed by atoms with Gasteiger partial charge in [-0.1, -0.05) is 36.4 Å². The Morgan fingerprint density at radius 3 is 2.56 bits per heavy atom. The molecule has 126 valence electrons. The van der Waals surface area contributed by atoms with Crippen molar-refractivity contribution < 1.29 is 4.79 Å². The molecule has 25 heavy (non-hydrogen) atoms. The van der Waals surface area contributed by atoms with Crippen molar-refractivity contribution in [2.45, 2.75) is 20.3 Å². The van der Waals surface area contributed by atoms with Crippen LogP contribution in [-0.2, 0) is 11.2 Å². The first-order valence-corrected chi connectivity index (χ1v) is 8.45. The zero-order valence-electron chi connectivity index (χ0n) is 14.2. The number of aryl methyl sites for hydroxylation is 2. The Hall–Kier alpha value is -2.79. The van der Waals surface area contributed by atoms with Gasteiger partial charge in [0, 0.05) is 11.1 Å². The Balaban J connectivity index is 1.74. The standard InChI is InChI=1S/C20H19N3OS/c1-13-8-11-17-16(10-9-14(2)21-17)19(13)23-20(25)22-18(24)12-15-6-4-3-5-7-15/h3-11H,12H2,1-2H3,(H2,22,23,24,25). The molecular formula is C20H19N3OS. The smallest absolute Gasteiger partial charge is 0.230 e. The summed E-state index contributed by atoms with van der Waals surface area (Å²) in [5, 5.41) is 7.16. The molecule has 0 saturated heterocycles. The minimum atomic E-state index is -0.143. The maximum Gasteiger partial charge on any atom is 0.230 e. The average molecular weight is 349 g/mol. The molecule has 2 N–H and O–H groups in total. The zero-order valence-corrected chi connectivity index (χ0v) is 15.0. The van der Waals surface area contributed by atoms with Gasteiger partial charge in [-0.25, -0.2) is 0 Å². The van der Waals surface area contributed by atoms with Gasteiger partial charge < -0.3 is 10.6 Å². The van der Waals surface area contributed by atoms with Crippen molar-refractivity contribution in [3.63, 3.8) is 0 Å². The molecule has 5 heteroatoms. The number of fused-ring (bicyclic) bond motifs is 1. The maximum absolute atomic E-state index is 12.2. The molecule has 0 unspecified atom stereocenters. The van der Waals surface area contributed by atoms with Gasteiger partial charge in [0.2, 0.25) is 5.91 Å². The molecule has 0 atom stereocenters. The van der Waals surface area contributed by atoms with E-state index in [0.717, 1.165) is 33.4 Å². The van der Waals surface area contributed by atoms with Crippen LogP contribution in [0, 0.1) is 13.8 Å². The molecule has 0 aliphatic rings. The van der Waals surface area contributed by atoms with E-state index < -0.39 is 0 Å².